The summed E-state index contributed by atoms with van der Waals surface area (Å²) in [6, 6.07) is 0. The predicted molar refractivity (Wildman–Crippen MR) is 133 cm³/mol. The van der Waals surface area contributed by atoms with Gasteiger partial charge < -0.3 is 8.85 Å². The van der Waals surface area contributed by atoms with Crippen molar-refractivity contribution in [1.29, 1.82) is 0 Å². The van der Waals surface area contributed by atoms with Gasteiger partial charge >= 0.3 is 0 Å². The zero-order valence-electron chi connectivity index (χ0n) is 21.5. The lowest BCUT2D eigenvalue weighted by Crippen LogP contribution is -2.48. The molecule has 172 valence electrons. The number of hydrogen-bond donors (Lipinski definition) is 0. The van der Waals surface area contributed by atoms with Gasteiger partial charge in [-0.1, -0.05) is 54.5 Å². The van der Waals surface area contributed by atoms with Gasteiger partial charge in [0.05, 0.1) is 12.7 Å². The first-order chi connectivity index (χ1) is 13.4. The van der Waals surface area contributed by atoms with E-state index in [2.05, 4.69) is 80.7 Å². The Morgan fingerprint density at radius 3 is 2.10 bits per heavy atom. The zero-order chi connectivity index (χ0) is 23.2. The Kier molecular flexibility index (Phi) is 7.26. The second kappa shape index (κ2) is 8.45. The highest BCUT2D eigenvalue weighted by Gasteiger charge is 2.46. The number of carbonyl (C=O) groups excluding carboxylic acids is 1. The largest absolute Gasteiger partial charge is 0.413 e. The molecule has 2 rings (SSSR count). The van der Waals surface area contributed by atoms with Crippen molar-refractivity contribution in [2.75, 3.05) is 6.61 Å². The lowest BCUT2D eigenvalue weighted by molar-refractivity contribution is -0.112. The van der Waals surface area contributed by atoms with Crippen molar-refractivity contribution in [2.45, 2.75) is 117 Å². The summed E-state index contributed by atoms with van der Waals surface area (Å²) in [5.41, 5.74) is 2.06. The van der Waals surface area contributed by atoms with Crippen LogP contribution >= 0.6 is 0 Å². The second-order valence-corrected chi connectivity index (χ2v) is 22.3. The molecular weight excluding hydrogens is 404 g/mol. The molecule has 0 bridgehead atoms. The molecular formula is C25H46O3Si2. The third-order valence-electron chi connectivity index (χ3n) is 8.29. The monoisotopic (exact) mass is 450 g/mol. The highest BCUT2D eigenvalue weighted by atomic mass is 28.4. The molecule has 30 heavy (non-hydrogen) atoms. The van der Waals surface area contributed by atoms with Crippen LogP contribution in [0, 0.1) is 5.41 Å². The molecule has 0 amide bonds. The van der Waals surface area contributed by atoms with Crippen molar-refractivity contribution in [3.8, 4) is 0 Å². The Hall–Kier alpha value is -0.496. The molecule has 0 N–H and O–H groups in total. The van der Waals surface area contributed by atoms with Gasteiger partial charge in [0.25, 0.3) is 0 Å². The topological polar surface area (TPSA) is 35.5 Å². The van der Waals surface area contributed by atoms with Crippen molar-refractivity contribution in [3.05, 3.63) is 23.3 Å². The molecule has 0 unspecified atom stereocenters. The minimum absolute atomic E-state index is 0.00538. The molecule has 3 nitrogen and oxygen atoms in total. The van der Waals surface area contributed by atoms with E-state index in [1.54, 1.807) is 6.08 Å². The summed E-state index contributed by atoms with van der Waals surface area (Å²) in [6.45, 7) is 25.7. The Bertz CT molecular complexity index is 720. The standard InChI is InChI=1S/C25H46O3Si2/c1-23(2,3)29(8,9)27-18-19-21(28-30(10,11)24(4,5)6)15-17-25(7)16-13-12-14-20(26)22(19)25/h12,14,21H,13,15-18H2,1-11H3/t21-,25+/m0/s1. The van der Waals surface area contributed by atoms with Crippen molar-refractivity contribution in [1.82, 2.24) is 0 Å². The van der Waals surface area contributed by atoms with Crippen LogP contribution in [-0.4, -0.2) is 35.1 Å². The fourth-order valence-electron chi connectivity index (χ4n) is 3.98. The summed E-state index contributed by atoms with van der Waals surface area (Å²) in [5, 5.41) is 0.274. The van der Waals surface area contributed by atoms with Crippen LogP contribution in [-0.2, 0) is 13.6 Å². The van der Waals surface area contributed by atoms with E-state index in [1.807, 2.05) is 0 Å². The van der Waals surface area contributed by atoms with Crippen LogP contribution in [0.1, 0.15) is 74.1 Å². The summed E-state index contributed by atoms with van der Waals surface area (Å²) in [5.74, 6) is 0.173. The molecule has 2 atom stereocenters. The van der Waals surface area contributed by atoms with Gasteiger partial charge in [-0.15, -0.1) is 0 Å². The molecule has 0 radical (unpaired) electrons. The molecule has 0 saturated carbocycles. The van der Waals surface area contributed by atoms with E-state index in [0.717, 1.165) is 36.8 Å². The lowest BCUT2D eigenvalue weighted by Gasteiger charge is -2.46. The van der Waals surface area contributed by atoms with Crippen LogP contribution in [0.5, 0.6) is 0 Å². The molecule has 2 aliphatic carbocycles. The van der Waals surface area contributed by atoms with Gasteiger partial charge in [-0.3, -0.25) is 4.79 Å². The van der Waals surface area contributed by atoms with Gasteiger partial charge in [0, 0.05) is 5.57 Å². The van der Waals surface area contributed by atoms with Gasteiger partial charge in [0.15, 0.2) is 22.4 Å². The van der Waals surface area contributed by atoms with E-state index in [9.17, 15) is 4.79 Å². The van der Waals surface area contributed by atoms with E-state index in [-0.39, 0.29) is 27.4 Å². The summed E-state index contributed by atoms with van der Waals surface area (Å²) >= 11 is 0. The molecule has 0 fully saturated rings. The maximum absolute atomic E-state index is 13.3. The highest BCUT2D eigenvalue weighted by molar-refractivity contribution is 6.74. The number of allylic oxidation sites excluding steroid dienone is 3. The Labute approximate surface area is 188 Å². The zero-order valence-corrected chi connectivity index (χ0v) is 23.5. The molecule has 0 aromatic carbocycles. The number of carbonyl (C=O) groups is 1. The maximum Gasteiger partial charge on any atom is 0.192 e. The van der Waals surface area contributed by atoms with Crippen LogP contribution in [0.15, 0.2) is 23.3 Å². The third kappa shape index (κ3) is 5.28. The molecule has 0 aromatic rings. The first kappa shape index (κ1) is 25.8. The third-order valence-corrected chi connectivity index (χ3v) is 17.3. The van der Waals surface area contributed by atoms with Crippen molar-refractivity contribution < 1.29 is 13.6 Å². The van der Waals surface area contributed by atoms with E-state index in [4.69, 9.17) is 8.85 Å². The lowest BCUT2D eigenvalue weighted by atomic mass is 9.67. The van der Waals surface area contributed by atoms with Gasteiger partial charge in [-0.2, -0.15) is 0 Å². The fourth-order valence-corrected chi connectivity index (χ4v) is 6.26. The summed E-state index contributed by atoms with van der Waals surface area (Å²) in [6.07, 6.45) is 7.83. The molecule has 0 aliphatic heterocycles. The Morgan fingerprint density at radius 2 is 1.57 bits per heavy atom. The quantitative estimate of drug-likeness (QED) is 0.409. The summed E-state index contributed by atoms with van der Waals surface area (Å²) in [7, 11) is -3.91. The van der Waals surface area contributed by atoms with Gasteiger partial charge in [0.1, 0.15) is 0 Å². The van der Waals surface area contributed by atoms with Gasteiger partial charge in [-0.25, -0.2) is 0 Å². The van der Waals surface area contributed by atoms with Crippen molar-refractivity contribution >= 4 is 22.4 Å². The normalized spacial score (nSPS) is 26.6. The minimum atomic E-state index is -1.97. The molecule has 0 aromatic heterocycles. The number of ketones is 1. The minimum Gasteiger partial charge on any atom is -0.413 e. The van der Waals surface area contributed by atoms with Crippen molar-refractivity contribution in [3.63, 3.8) is 0 Å². The smallest absolute Gasteiger partial charge is 0.192 e. The van der Waals surface area contributed by atoms with E-state index in [1.165, 1.54) is 0 Å². The molecule has 0 saturated heterocycles. The van der Waals surface area contributed by atoms with Gasteiger partial charge in [0.2, 0.25) is 0 Å². The highest BCUT2D eigenvalue weighted by Crippen LogP contribution is 2.49. The van der Waals surface area contributed by atoms with E-state index in [0.29, 0.717) is 6.61 Å². The molecule has 0 heterocycles. The van der Waals surface area contributed by atoms with Crippen LogP contribution in [0.25, 0.3) is 0 Å². The molecule has 5 heteroatoms. The molecule has 2 aliphatic rings. The SMILES string of the molecule is CC(C)(C)[Si](C)(C)OCC1=C2C(=O)C=CCC[C@]2(C)CC[C@@H]1O[Si](C)(C)C(C)(C)C. The number of rotatable bonds is 5. The first-order valence-electron chi connectivity index (χ1n) is 11.7. The van der Waals surface area contributed by atoms with Gasteiger partial charge in [-0.05, 0) is 79.0 Å². The summed E-state index contributed by atoms with van der Waals surface area (Å²) in [4.78, 5) is 13.3. The number of fused-ring (bicyclic) bond motifs is 1. The average Bonchev–Trinajstić information content (AvgIpc) is 2.71. The molecule has 0 spiro atoms. The van der Waals surface area contributed by atoms with Crippen molar-refractivity contribution in [2.24, 2.45) is 5.41 Å². The van der Waals surface area contributed by atoms with Crippen LogP contribution in [0.4, 0.5) is 0 Å². The average molecular weight is 451 g/mol. The van der Waals surface area contributed by atoms with E-state index < -0.39 is 16.6 Å². The predicted octanol–water partition coefficient (Wildman–Crippen LogP) is 7.41. The Balaban J connectivity index is 2.51. The first-order valence-corrected chi connectivity index (χ1v) is 17.5. The van der Waals surface area contributed by atoms with Crippen LogP contribution < -0.4 is 0 Å². The maximum atomic E-state index is 13.3. The van der Waals surface area contributed by atoms with Crippen LogP contribution in [0.2, 0.25) is 36.3 Å². The second-order valence-electron chi connectivity index (χ2n) is 12.7. The fraction of sp³-hybridized carbons (Fsp3) is 0.800. The van der Waals surface area contributed by atoms with E-state index >= 15 is 0 Å². The summed E-state index contributed by atoms with van der Waals surface area (Å²) < 4.78 is 13.6. The van der Waals surface area contributed by atoms with Crippen LogP contribution in [0.3, 0.4) is 0 Å². The Morgan fingerprint density at radius 1 is 1.00 bits per heavy atom. The number of hydrogen-bond acceptors (Lipinski definition) is 3.